The molecule has 2 amide bonds. The van der Waals surface area contributed by atoms with E-state index in [4.69, 9.17) is 5.73 Å². The van der Waals surface area contributed by atoms with E-state index in [0.29, 0.717) is 18.5 Å². The standard InChI is InChI=1S/C16H24N4O4S/c1-12-4-6-13(7-5-12)16(22)19-10-3-11-20(25(2,23)24)15(19)14(21)18-9-8-17/h4-7,15H,3,8-11,17H2,1-2H3,(H,18,21). The summed E-state index contributed by atoms with van der Waals surface area (Å²) in [6, 6.07) is 6.95. The first kappa shape index (κ1) is 19.4. The van der Waals surface area contributed by atoms with Gasteiger partial charge in [-0.05, 0) is 25.5 Å². The Morgan fingerprint density at radius 3 is 2.44 bits per heavy atom. The largest absolute Gasteiger partial charge is 0.352 e. The van der Waals surface area contributed by atoms with Crippen LogP contribution in [0.25, 0.3) is 0 Å². The monoisotopic (exact) mass is 368 g/mol. The van der Waals surface area contributed by atoms with Crippen LogP contribution in [0.4, 0.5) is 0 Å². The minimum Gasteiger partial charge on any atom is -0.352 e. The van der Waals surface area contributed by atoms with Crippen molar-refractivity contribution in [2.75, 3.05) is 32.4 Å². The minimum atomic E-state index is -3.65. The molecule has 25 heavy (non-hydrogen) atoms. The number of nitrogens with one attached hydrogen (secondary N) is 1. The zero-order valence-electron chi connectivity index (χ0n) is 14.4. The van der Waals surface area contributed by atoms with Gasteiger partial charge in [-0.3, -0.25) is 9.59 Å². The molecule has 3 N–H and O–H groups in total. The Morgan fingerprint density at radius 1 is 1.24 bits per heavy atom. The predicted octanol–water partition coefficient (Wildman–Crippen LogP) is -0.496. The number of aryl methyl sites for hydroxylation is 1. The third-order valence-electron chi connectivity index (χ3n) is 4.01. The number of nitrogens with two attached hydrogens (primary N) is 1. The third-order valence-corrected chi connectivity index (χ3v) is 5.24. The molecule has 8 nitrogen and oxygen atoms in total. The molecule has 1 atom stereocenters. The molecule has 0 bridgehead atoms. The minimum absolute atomic E-state index is 0.192. The molecular weight excluding hydrogens is 344 g/mol. The molecular formula is C16H24N4O4S. The van der Waals surface area contributed by atoms with Crippen molar-refractivity contribution >= 4 is 21.8 Å². The van der Waals surface area contributed by atoms with Crippen LogP contribution in [0, 0.1) is 6.92 Å². The summed E-state index contributed by atoms with van der Waals surface area (Å²) < 4.78 is 25.3. The summed E-state index contributed by atoms with van der Waals surface area (Å²) in [5, 5.41) is 2.59. The fraction of sp³-hybridized carbons (Fsp3) is 0.500. The van der Waals surface area contributed by atoms with Gasteiger partial charge in [0.05, 0.1) is 6.26 Å². The molecule has 138 valence electrons. The molecule has 1 aromatic rings. The second-order valence-electron chi connectivity index (χ2n) is 6.05. The Kier molecular flexibility index (Phi) is 6.15. The SMILES string of the molecule is Cc1ccc(C(=O)N2CCCN(S(C)(=O)=O)C2C(=O)NCCN)cc1. The first-order chi connectivity index (χ1) is 11.8. The number of sulfonamides is 1. The quantitative estimate of drug-likeness (QED) is 0.728. The van der Waals surface area contributed by atoms with Crippen molar-refractivity contribution in [1.82, 2.24) is 14.5 Å². The first-order valence-electron chi connectivity index (χ1n) is 8.08. The van der Waals surface area contributed by atoms with Gasteiger partial charge in [0.15, 0.2) is 6.17 Å². The summed E-state index contributed by atoms with van der Waals surface area (Å²) in [7, 11) is -3.65. The van der Waals surface area contributed by atoms with Crippen molar-refractivity contribution in [3.63, 3.8) is 0 Å². The van der Waals surface area contributed by atoms with Crippen molar-refractivity contribution in [3.05, 3.63) is 35.4 Å². The summed E-state index contributed by atoms with van der Waals surface area (Å²) in [6.45, 7) is 2.84. The molecule has 1 aliphatic heterocycles. The lowest BCUT2D eigenvalue weighted by Gasteiger charge is -2.41. The van der Waals surface area contributed by atoms with E-state index in [9.17, 15) is 18.0 Å². The van der Waals surface area contributed by atoms with Gasteiger partial charge in [-0.1, -0.05) is 17.7 Å². The van der Waals surface area contributed by atoms with Crippen LogP contribution in [0.1, 0.15) is 22.3 Å². The highest BCUT2D eigenvalue weighted by molar-refractivity contribution is 7.88. The maximum absolute atomic E-state index is 12.9. The van der Waals surface area contributed by atoms with E-state index in [-0.39, 0.29) is 25.5 Å². The number of carbonyl (C=O) groups is 2. The summed E-state index contributed by atoms with van der Waals surface area (Å²) in [6.07, 6.45) is 0.297. The number of hydrogen-bond donors (Lipinski definition) is 2. The van der Waals surface area contributed by atoms with Crippen LogP contribution >= 0.6 is 0 Å². The number of hydrogen-bond acceptors (Lipinski definition) is 5. The molecule has 1 heterocycles. The molecule has 9 heteroatoms. The third kappa shape index (κ3) is 4.56. The van der Waals surface area contributed by atoms with Crippen LogP contribution in [-0.2, 0) is 14.8 Å². The zero-order chi connectivity index (χ0) is 18.6. The average Bonchev–Trinajstić information content (AvgIpc) is 2.58. The van der Waals surface area contributed by atoms with Crippen molar-refractivity contribution in [2.45, 2.75) is 19.5 Å². The second kappa shape index (κ2) is 7.94. The normalized spacial score (nSPS) is 18.8. The van der Waals surface area contributed by atoms with Gasteiger partial charge >= 0.3 is 0 Å². The Bertz CT molecular complexity index is 733. The predicted molar refractivity (Wildman–Crippen MR) is 94.2 cm³/mol. The molecule has 1 aromatic carbocycles. The summed E-state index contributed by atoms with van der Waals surface area (Å²) in [4.78, 5) is 26.7. The summed E-state index contributed by atoms with van der Waals surface area (Å²) >= 11 is 0. The van der Waals surface area contributed by atoms with E-state index in [0.717, 1.165) is 16.1 Å². The highest BCUT2D eigenvalue weighted by atomic mass is 32.2. The van der Waals surface area contributed by atoms with Gasteiger partial charge in [-0.2, -0.15) is 4.31 Å². The van der Waals surface area contributed by atoms with Crippen LogP contribution < -0.4 is 11.1 Å². The molecule has 0 aromatic heterocycles. The molecule has 0 radical (unpaired) electrons. The molecule has 0 spiro atoms. The maximum atomic E-state index is 12.9. The average molecular weight is 368 g/mol. The van der Waals surface area contributed by atoms with Crippen molar-refractivity contribution in [1.29, 1.82) is 0 Å². The highest BCUT2D eigenvalue weighted by Gasteiger charge is 2.42. The number of rotatable bonds is 5. The first-order valence-corrected chi connectivity index (χ1v) is 9.93. The molecule has 1 saturated heterocycles. The molecule has 1 fully saturated rings. The van der Waals surface area contributed by atoms with Gasteiger partial charge in [0.25, 0.3) is 11.8 Å². The van der Waals surface area contributed by atoms with E-state index in [2.05, 4.69) is 5.32 Å². The van der Waals surface area contributed by atoms with Crippen LogP contribution in [0.3, 0.4) is 0 Å². The Morgan fingerprint density at radius 2 is 1.88 bits per heavy atom. The van der Waals surface area contributed by atoms with Gasteiger partial charge in [-0.15, -0.1) is 0 Å². The van der Waals surface area contributed by atoms with E-state index in [1.54, 1.807) is 24.3 Å². The molecule has 1 unspecified atom stereocenters. The highest BCUT2D eigenvalue weighted by Crippen LogP contribution is 2.21. The lowest BCUT2D eigenvalue weighted by atomic mass is 10.1. The van der Waals surface area contributed by atoms with Crippen molar-refractivity contribution in [2.24, 2.45) is 5.73 Å². The molecule has 1 aliphatic rings. The van der Waals surface area contributed by atoms with E-state index < -0.39 is 22.1 Å². The number of nitrogens with zero attached hydrogens (tertiary/aromatic N) is 2. The summed E-state index contributed by atoms with van der Waals surface area (Å²) in [5.41, 5.74) is 6.82. The Labute approximate surface area is 148 Å². The topological polar surface area (TPSA) is 113 Å². The van der Waals surface area contributed by atoms with Gasteiger partial charge in [-0.25, -0.2) is 8.42 Å². The molecule has 2 rings (SSSR count). The van der Waals surface area contributed by atoms with Crippen molar-refractivity contribution in [3.8, 4) is 0 Å². The van der Waals surface area contributed by atoms with Gasteiger partial charge in [0.2, 0.25) is 10.0 Å². The van der Waals surface area contributed by atoms with E-state index in [1.165, 1.54) is 4.90 Å². The molecule has 0 aliphatic carbocycles. The van der Waals surface area contributed by atoms with Crippen LogP contribution in [-0.4, -0.2) is 68.0 Å². The zero-order valence-corrected chi connectivity index (χ0v) is 15.3. The van der Waals surface area contributed by atoms with Gasteiger partial charge in [0.1, 0.15) is 0 Å². The fourth-order valence-electron chi connectivity index (χ4n) is 2.78. The number of benzene rings is 1. The van der Waals surface area contributed by atoms with Crippen molar-refractivity contribution < 1.29 is 18.0 Å². The maximum Gasteiger partial charge on any atom is 0.259 e. The second-order valence-corrected chi connectivity index (χ2v) is 7.98. The smallest absolute Gasteiger partial charge is 0.259 e. The van der Waals surface area contributed by atoms with Gasteiger partial charge < -0.3 is 16.0 Å². The fourth-order valence-corrected chi connectivity index (χ4v) is 3.81. The van der Waals surface area contributed by atoms with E-state index in [1.807, 2.05) is 6.92 Å². The summed E-state index contributed by atoms with van der Waals surface area (Å²) in [5.74, 6) is -0.919. The number of carbonyl (C=O) groups excluding carboxylic acids is 2. The van der Waals surface area contributed by atoms with Crippen LogP contribution in [0.5, 0.6) is 0 Å². The molecule has 0 saturated carbocycles. The Hall–Kier alpha value is -1.97. The lowest BCUT2D eigenvalue weighted by Crippen LogP contribution is -2.63. The van der Waals surface area contributed by atoms with Crippen LogP contribution in [0.15, 0.2) is 24.3 Å². The van der Waals surface area contributed by atoms with E-state index >= 15 is 0 Å². The Balaban J connectivity index is 2.36. The van der Waals surface area contributed by atoms with Crippen LogP contribution in [0.2, 0.25) is 0 Å². The lowest BCUT2D eigenvalue weighted by molar-refractivity contribution is -0.130. The number of amides is 2. The van der Waals surface area contributed by atoms with Gasteiger partial charge in [0, 0.05) is 31.7 Å².